The van der Waals surface area contributed by atoms with Gasteiger partial charge in [-0.05, 0) is 55.1 Å². The molecule has 2 aromatic rings. The first-order valence-corrected chi connectivity index (χ1v) is 9.47. The Bertz CT molecular complexity index is 710. The van der Waals surface area contributed by atoms with Crippen LogP contribution in [-0.2, 0) is 10.0 Å². The minimum absolute atomic E-state index is 0.269. The molecule has 0 aromatic heterocycles. The van der Waals surface area contributed by atoms with E-state index in [0.717, 1.165) is 16.2 Å². The van der Waals surface area contributed by atoms with Gasteiger partial charge in [0.15, 0.2) is 0 Å². The first-order valence-electron chi connectivity index (χ1n) is 6.76. The molecule has 0 amide bonds. The average Bonchev–Trinajstić information content (AvgIpc) is 2.54. The second-order valence-electron chi connectivity index (χ2n) is 4.79. The molecule has 2 aromatic carbocycles. The van der Waals surface area contributed by atoms with Crippen LogP contribution in [0.25, 0.3) is 0 Å². The Morgan fingerprint density at radius 1 is 1.05 bits per heavy atom. The summed E-state index contributed by atoms with van der Waals surface area (Å²) in [4.78, 5) is 1.30. The van der Waals surface area contributed by atoms with Gasteiger partial charge in [0.05, 0.1) is 12.0 Å². The number of hydrogen-bond donors (Lipinski definition) is 1. The molecule has 0 spiro atoms. The number of benzene rings is 2. The summed E-state index contributed by atoms with van der Waals surface area (Å²) in [5, 5.41) is 0. The third kappa shape index (κ3) is 4.03. The van der Waals surface area contributed by atoms with Crippen LogP contribution in [0.5, 0.6) is 5.75 Å². The first-order chi connectivity index (χ1) is 10.5. The topological polar surface area (TPSA) is 55.4 Å². The van der Waals surface area contributed by atoms with E-state index in [1.165, 1.54) is 0 Å². The molecule has 22 heavy (non-hydrogen) atoms. The lowest BCUT2D eigenvalue weighted by atomic mass is 10.1. The van der Waals surface area contributed by atoms with Gasteiger partial charge in [0.2, 0.25) is 10.0 Å². The van der Waals surface area contributed by atoms with E-state index < -0.39 is 10.0 Å². The van der Waals surface area contributed by atoms with Crippen LogP contribution in [-0.4, -0.2) is 21.8 Å². The van der Waals surface area contributed by atoms with Crippen LogP contribution < -0.4 is 9.46 Å². The van der Waals surface area contributed by atoms with Crippen LogP contribution in [0.4, 0.5) is 0 Å². The van der Waals surface area contributed by atoms with Gasteiger partial charge in [-0.2, -0.15) is 0 Å². The number of ether oxygens (including phenoxy) is 1. The van der Waals surface area contributed by atoms with E-state index in [2.05, 4.69) is 4.72 Å². The molecule has 0 bridgehead atoms. The summed E-state index contributed by atoms with van der Waals surface area (Å²) in [6.07, 6.45) is 1.95. The fourth-order valence-electron chi connectivity index (χ4n) is 2.02. The minimum atomic E-state index is -3.54. The second-order valence-corrected chi connectivity index (χ2v) is 7.39. The summed E-state index contributed by atoms with van der Waals surface area (Å²) in [5.41, 5.74) is 0.880. The summed E-state index contributed by atoms with van der Waals surface area (Å²) in [6, 6.07) is 13.8. The maximum absolute atomic E-state index is 12.4. The number of rotatable bonds is 6. The van der Waals surface area contributed by atoms with Gasteiger partial charge in [-0.15, -0.1) is 11.8 Å². The van der Waals surface area contributed by atoms with Crippen molar-refractivity contribution in [2.24, 2.45) is 0 Å². The average molecular weight is 337 g/mol. The molecular formula is C16H19NO3S2. The summed E-state index contributed by atoms with van der Waals surface area (Å²) < 4.78 is 32.6. The number of thioether (sulfide) groups is 1. The molecule has 0 saturated heterocycles. The highest BCUT2D eigenvalue weighted by molar-refractivity contribution is 7.98. The van der Waals surface area contributed by atoms with Crippen LogP contribution in [0, 0.1) is 0 Å². The Hall–Kier alpha value is -1.50. The zero-order chi connectivity index (χ0) is 16.2. The fraction of sp³-hybridized carbons (Fsp3) is 0.250. The molecule has 4 nitrogen and oxygen atoms in total. The van der Waals surface area contributed by atoms with Gasteiger partial charge >= 0.3 is 0 Å². The van der Waals surface area contributed by atoms with Crippen molar-refractivity contribution in [3.05, 3.63) is 54.1 Å². The van der Waals surface area contributed by atoms with E-state index in [1.807, 2.05) is 37.4 Å². The Balaban J connectivity index is 2.15. The van der Waals surface area contributed by atoms with Crippen molar-refractivity contribution >= 4 is 21.8 Å². The lowest BCUT2D eigenvalue weighted by Crippen LogP contribution is -2.26. The van der Waals surface area contributed by atoms with Crippen molar-refractivity contribution in [3.63, 3.8) is 0 Å². The largest absolute Gasteiger partial charge is 0.497 e. The predicted octanol–water partition coefficient (Wildman–Crippen LogP) is 3.46. The Kier molecular flexibility index (Phi) is 5.50. The number of methoxy groups -OCH3 is 1. The summed E-state index contributed by atoms with van der Waals surface area (Å²) >= 11 is 1.58. The summed E-state index contributed by atoms with van der Waals surface area (Å²) in [5.74, 6) is 0.742. The maximum atomic E-state index is 12.4. The maximum Gasteiger partial charge on any atom is 0.241 e. The van der Waals surface area contributed by atoms with E-state index in [1.54, 1.807) is 43.1 Å². The van der Waals surface area contributed by atoms with Gasteiger partial charge in [-0.25, -0.2) is 13.1 Å². The molecular weight excluding hydrogens is 318 g/mol. The standard InChI is InChI=1S/C16H19NO3S2/c1-12(13-4-6-14(20-2)7-5-13)17-22(18,19)16-10-8-15(21-3)9-11-16/h4-12,17H,1-3H3. The molecule has 0 radical (unpaired) electrons. The number of sulfonamides is 1. The van der Waals surface area contributed by atoms with Crippen LogP contribution in [0.15, 0.2) is 58.3 Å². The minimum Gasteiger partial charge on any atom is -0.497 e. The fourth-order valence-corrected chi connectivity index (χ4v) is 3.66. The molecule has 0 saturated carbocycles. The van der Waals surface area contributed by atoms with E-state index in [4.69, 9.17) is 4.74 Å². The number of nitrogens with one attached hydrogen (secondary N) is 1. The van der Waals surface area contributed by atoms with E-state index in [0.29, 0.717) is 0 Å². The zero-order valence-corrected chi connectivity index (χ0v) is 14.4. The zero-order valence-electron chi connectivity index (χ0n) is 12.7. The Morgan fingerprint density at radius 3 is 2.14 bits per heavy atom. The van der Waals surface area contributed by atoms with Gasteiger partial charge in [-0.3, -0.25) is 0 Å². The van der Waals surface area contributed by atoms with Crippen LogP contribution in [0.3, 0.4) is 0 Å². The van der Waals surface area contributed by atoms with Crippen molar-refractivity contribution in [1.29, 1.82) is 0 Å². The van der Waals surface area contributed by atoms with Gasteiger partial charge in [-0.1, -0.05) is 12.1 Å². The van der Waals surface area contributed by atoms with Crippen molar-refractivity contribution in [2.45, 2.75) is 22.8 Å². The molecule has 0 aliphatic carbocycles. The highest BCUT2D eigenvalue weighted by Crippen LogP contribution is 2.21. The molecule has 0 heterocycles. The van der Waals surface area contributed by atoms with Crippen molar-refractivity contribution in [2.75, 3.05) is 13.4 Å². The molecule has 0 fully saturated rings. The third-order valence-corrected chi connectivity index (χ3v) is 5.62. The van der Waals surface area contributed by atoms with Crippen LogP contribution in [0.1, 0.15) is 18.5 Å². The quantitative estimate of drug-likeness (QED) is 0.820. The lowest BCUT2D eigenvalue weighted by molar-refractivity contribution is 0.414. The van der Waals surface area contributed by atoms with E-state index in [-0.39, 0.29) is 10.9 Å². The van der Waals surface area contributed by atoms with E-state index in [9.17, 15) is 8.42 Å². The lowest BCUT2D eigenvalue weighted by Gasteiger charge is -2.15. The Labute approximate surface area is 135 Å². The molecule has 1 unspecified atom stereocenters. The third-order valence-electron chi connectivity index (χ3n) is 3.32. The summed E-state index contributed by atoms with van der Waals surface area (Å²) in [6.45, 7) is 1.82. The molecule has 1 atom stereocenters. The van der Waals surface area contributed by atoms with Gasteiger partial charge in [0.1, 0.15) is 5.75 Å². The predicted molar refractivity (Wildman–Crippen MR) is 90.0 cm³/mol. The van der Waals surface area contributed by atoms with Crippen molar-refractivity contribution in [3.8, 4) is 5.75 Å². The SMILES string of the molecule is COc1ccc(C(C)NS(=O)(=O)c2ccc(SC)cc2)cc1. The van der Waals surface area contributed by atoms with Gasteiger partial charge < -0.3 is 4.74 Å². The normalized spacial score (nSPS) is 12.9. The van der Waals surface area contributed by atoms with Gasteiger partial charge in [0, 0.05) is 10.9 Å². The number of hydrogen-bond acceptors (Lipinski definition) is 4. The Morgan fingerprint density at radius 2 is 1.64 bits per heavy atom. The summed E-state index contributed by atoms with van der Waals surface area (Å²) in [7, 11) is -1.94. The molecule has 2 rings (SSSR count). The van der Waals surface area contributed by atoms with Crippen LogP contribution in [0.2, 0.25) is 0 Å². The molecule has 6 heteroatoms. The highest BCUT2D eigenvalue weighted by atomic mass is 32.2. The van der Waals surface area contributed by atoms with Crippen molar-refractivity contribution < 1.29 is 13.2 Å². The van der Waals surface area contributed by atoms with Crippen LogP contribution >= 0.6 is 11.8 Å². The molecule has 1 N–H and O–H groups in total. The van der Waals surface area contributed by atoms with E-state index >= 15 is 0 Å². The highest BCUT2D eigenvalue weighted by Gasteiger charge is 2.18. The first kappa shape index (κ1) is 16.9. The van der Waals surface area contributed by atoms with Crippen molar-refractivity contribution in [1.82, 2.24) is 4.72 Å². The molecule has 118 valence electrons. The van der Waals surface area contributed by atoms with Gasteiger partial charge in [0.25, 0.3) is 0 Å². The molecule has 0 aliphatic rings. The second kappa shape index (κ2) is 7.17. The smallest absolute Gasteiger partial charge is 0.241 e. The monoisotopic (exact) mass is 337 g/mol. The molecule has 0 aliphatic heterocycles.